The van der Waals surface area contributed by atoms with Crippen molar-refractivity contribution in [3.8, 4) is 5.75 Å². The van der Waals surface area contributed by atoms with Gasteiger partial charge in [-0.25, -0.2) is 4.98 Å². The molecule has 4 rings (SSSR count). The van der Waals surface area contributed by atoms with Crippen molar-refractivity contribution in [2.24, 2.45) is 5.92 Å². The summed E-state index contributed by atoms with van der Waals surface area (Å²) in [5, 5.41) is 13.6. The number of fused-ring (bicyclic) bond motifs is 1. The quantitative estimate of drug-likeness (QED) is 0.639. The number of amides is 1. The van der Waals surface area contributed by atoms with Crippen LogP contribution in [0.2, 0.25) is 0 Å². The first-order valence-corrected chi connectivity index (χ1v) is 10.2. The Labute approximate surface area is 181 Å². The number of carbonyl (C=O) groups excluding carboxylic acids is 1. The van der Waals surface area contributed by atoms with Gasteiger partial charge in [0, 0.05) is 19.0 Å². The Bertz CT molecular complexity index is 1120. The molecule has 3 aromatic rings. The molecular weight excluding hydrogens is 427 g/mol. The molecule has 4 heterocycles. The van der Waals surface area contributed by atoms with Gasteiger partial charge in [0.25, 0.3) is 5.82 Å². The van der Waals surface area contributed by atoms with Gasteiger partial charge >= 0.3 is 6.18 Å². The zero-order valence-corrected chi connectivity index (χ0v) is 17.6. The Morgan fingerprint density at radius 1 is 1.19 bits per heavy atom. The number of pyridine rings is 1. The molecule has 1 aliphatic rings. The summed E-state index contributed by atoms with van der Waals surface area (Å²) in [6.07, 6.45) is -3.57. The van der Waals surface area contributed by atoms with Crippen LogP contribution in [-0.2, 0) is 11.0 Å². The molecule has 9 nitrogen and oxygen atoms in total. The Morgan fingerprint density at radius 2 is 1.94 bits per heavy atom. The van der Waals surface area contributed by atoms with E-state index in [-0.39, 0.29) is 17.5 Å². The maximum absolute atomic E-state index is 13.1. The van der Waals surface area contributed by atoms with E-state index in [1.54, 1.807) is 18.2 Å². The number of halogens is 3. The van der Waals surface area contributed by atoms with Crippen molar-refractivity contribution in [3.05, 3.63) is 35.8 Å². The van der Waals surface area contributed by atoms with Crippen LogP contribution in [0.3, 0.4) is 0 Å². The van der Waals surface area contributed by atoms with Gasteiger partial charge in [0.15, 0.2) is 5.65 Å². The first kappa shape index (κ1) is 21.8. The number of alkyl halides is 3. The average Bonchev–Trinajstić information content (AvgIpc) is 3.20. The Balaban J connectivity index is 1.40. The molecular formula is C20H22F3N7O2. The number of nitrogens with one attached hydrogen (secondary N) is 1. The molecule has 0 unspecified atom stereocenters. The zero-order valence-electron chi connectivity index (χ0n) is 17.6. The van der Waals surface area contributed by atoms with Crippen molar-refractivity contribution in [1.29, 1.82) is 0 Å². The molecule has 0 atom stereocenters. The Morgan fingerprint density at radius 3 is 2.59 bits per heavy atom. The first-order chi connectivity index (χ1) is 15.3. The van der Waals surface area contributed by atoms with E-state index in [0.29, 0.717) is 60.1 Å². The van der Waals surface area contributed by atoms with E-state index in [1.165, 1.54) is 6.07 Å². The minimum Gasteiger partial charge on any atom is -0.492 e. The third-order valence-corrected chi connectivity index (χ3v) is 5.28. The minimum absolute atomic E-state index is 0.0217. The van der Waals surface area contributed by atoms with Gasteiger partial charge in [-0.3, -0.25) is 4.79 Å². The number of hydrogen-bond acceptors (Lipinski definition) is 7. The summed E-state index contributed by atoms with van der Waals surface area (Å²) >= 11 is 0. The van der Waals surface area contributed by atoms with Crippen molar-refractivity contribution in [3.63, 3.8) is 0 Å². The van der Waals surface area contributed by atoms with Crippen LogP contribution >= 0.6 is 0 Å². The van der Waals surface area contributed by atoms with E-state index < -0.39 is 12.0 Å². The predicted octanol–water partition coefficient (Wildman–Crippen LogP) is 3.10. The molecule has 32 heavy (non-hydrogen) atoms. The van der Waals surface area contributed by atoms with Crippen LogP contribution in [0, 0.1) is 12.8 Å². The van der Waals surface area contributed by atoms with Crippen LogP contribution in [0.25, 0.3) is 5.65 Å². The van der Waals surface area contributed by atoms with Gasteiger partial charge in [-0.15, -0.1) is 15.3 Å². The summed E-state index contributed by atoms with van der Waals surface area (Å²) in [6, 6.07) is 6.52. The average molecular weight is 449 g/mol. The monoisotopic (exact) mass is 449 g/mol. The van der Waals surface area contributed by atoms with Gasteiger partial charge in [-0.1, -0.05) is 0 Å². The predicted molar refractivity (Wildman–Crippen MR) is 109 cm³/mol. The van der Waals surface area contributed by atoms with Crippen molar-refractivity contribution in [2.75, 3.05) is 29.9 Å². The summed E-state index contributed by atoms with van der Waals surface area (Å²) in [5.74, 6) is -0.0262. The van der Waals surface area contributed by atoms with Crippen LogP contribution in [-0.4, -0.2) is 50.4 Å². The maximum Gasteiger partial charge on any atom is 0.453 e. The molecule has 0 aromatic carbocycles. The summed E-state index contributed by atoms with van der Waals surface area (Å²) in [6.45, 7) is 5.19. The number of piperidine rings is 1. The third kappa shape index (κ3) is 4.43. The lowest BCUT2D eigenvalue weighted by Crippen LogP contribution is -2.39. The van der Waals surface area contributed by atoms with E-state index in [1.807, 2.05) is 18.7 Å². The van der Waals surface area contributed by atoms with Gasteiger partial charge < -0.3 is 15.0 Å². The highest BCUT2D eigenvalue weighted by Gasteiger charge is 2.38. The number of hydrogen-bond donors (Lipinski definition) is 1. The van der Waals surface area contributed by atoms with Crippen LogP contribution in [0.15, 0.2) is 24.3 Å². The SMILES string of the molecule is CCOc1ccc(NC(=O)C2CCN(c3ccc4nnc(C(F)(F)F)n4n3)CC2)nc1C. The van der Waals surface area contributed by atoms with Crippen molar-refractivity contribution >= 4 is 23.2 Å². The summed E-state index contributed by atoms with van der Waals surface area (Å²) in [5.41, 5.74) is 0.710. The fourth-order valence-corrected chi connectivity index (χ4v) is 3.65. The van der Waals surface area contributed by atoms with Crippen molar-refractivity contribution in [1.82, 2.24) is 24.8 Å². The molecule has 0 spiro atoms. The maximum atomic E-state index is 13.1. The summed E-state index contributed by atoms with van der Waals surface area (Å²) < 4.78 is 45.4. The highest BCUT2D eigenvalue weighted by atomic mass is 19.4. The third-order valence-electron chi connectivity index (χ3n) is 5.28. The Hall–Kier alpha value is -3.44. The summed E-state index contributed by atoms with van der Waals surface area (Å²) in [7, 11) is 0. The summed E-state index contributed by atoms with van der Waals surface area (Å²) in [4.78, 5) is 18.9. The van der Waals surface area contributed by atoms with Crippen molar-refractivity contribution < 1.29 is 22.7 Å². The van der Waals surface area contributed by atoms with Gasteiger partial charge in [0.1, 0.15) is 17.4 Å². The zero-order chi connectivity index (χ0) is 22.9. The molecule has 1 aliphatic heterocycles. The number of rotatable bonds is 5. The molecule has 0 saturated carbocycles. The molecule has 1 amide bonds. The van der Waals surface area contributed by atoms with Gasteiger partial charge in [-0.2, -0.15) is 17.7 Å². The molecule has 1 saturated heterocycles. The largest absolute Gasteiger partial charge is 0.492 e. The van der Waals surface area contributed by atoms with Gasteiger partial charge in [0.2, 0.25) is 5.91 Å². The normalized spacial score (nSPS) is 15.2. The standard InChI is InChI=1S/C20H22F3N7O2/c1-3-32-14-4-5-15(24-12(14)2)25-18(31)13-8-10-29(11-9-13)17-7-6-16-26-27-19(20(21,22)23)30(16)28-17/h4-7,13H,3,8-11H2,1-2H3,(H,24,25,31). The van der Waals surface area contributed by atoms with Gasteiger partial charge in [-0.05, 0) is 51.0 Å². The Kier molecular flexibility index (Phi) is 5.85. The topological polar surface area (TPSA) is 97.5 Å². The number of carbonyl (C=O) groups is 1. The fraction of sp³-hybridized carbons (Fsp3) is 0.450. The second kappa shape index (κ2) is 8.60. The fourth-order valence-electron chi connectivity index (χ4n) is 3.65. The first-order valence-electron chi connectivity index (χ1n) is 10.2. The van der Waals surface area contributed by atoms with Crippen LogP contribution < -0.4 is 15.0 Å². The number of nitrogens with zero attached hydrogens (tertiary/aromatic N) is 6. The molecule has 170 valence electrons. The highest BCUT2D eigenvalue weighted by Crippen LogP contribution is 2.29. The second-order valence-electron chi connectivity index (χ2n) is 7.45. The molecule has 1 N–H and O–H groups in total. The highest BCUT2D eigenvalue weighted by molar-refractivity contribution is 5.91. The number of anilines is 2. The molecule has 3 aromatic heterocycles. The van der Waals surface area contributed by atoms with Crippen LogP contribution in [0.5, 0.6) is 5.75 Å². The second-order valence-corrected chi connectivity index (χ2v) is 7.45. The molecule has 0 bridgehead atoms. The van der Waals surface area contributed by atoms with Crippen LogP contribution in [0.1, 0.15) is 31.3 Å². The number of ether oxygens (including phenoxy) is 1. The lowest BCUT2D eigenvalue weighted by atomic mass is 9.96. The van der Waals surface area contributed by atoms with E-state index >= 15 is 0 Å². The molecule has 0 aliphatic carbocycles. The van der Waals surface area contributed by atoms with E-state index in [4.69, 9.17) is 4.74 Å². The molecule has 12 heteroatoms. The molecule has 1 fully saturated rings. The number of aromatic nitrogens is 5. The van der Waals surface area contributed by atoms with Crippen molar-refractivity contribution in [2.45, 2.75) is 32.9 Å². The van der Waals surface area contributed by atoms with Gasteiger partial charge in [0.05, 0.1) is 12.3 Å². The lowest BCUT2D eigenvalue weighted by Gasteiger charge is -2.32. The van der Waals surface area contributed by atoms with E-state index in [0.717, 1.165) is 0 Å². The van der Waals surface area contributed by atoms with E-state index in [9.17, 15) is 18.0 Å². The van der Waals surface area contributed by atoms with Crippen LogP contribution in [0.4, 0.5) is 24.8 Å². The number of aryl methyl sites for hydroxylation is 1. The smallest absolute Gasteiger partial charge is 0.453 e. The lowest BCUT2D eigenvalue weighted by molar-refractivity contribution is -0.146. The molecule has 0 radical (unpaired) electrons. The minimum atomic E-state index is -4.65. The van der Waals surface area contributed by atoms with E-state index in [2.05, 4.69) is 25.6 Å².